The Kier molecular flexibility index (Phi) is 23.6. The number of nitrogens with zero attached hydrogens (tertiary/aromatic N) is 14. The van der Waals surface area contributed by atoms with E-state index in [0.717, 1.165) is 209 Å². The van der Waals surface area contributed by atoms with Crippen LogP contribution in [0.1, 0.15) is 196 Å². The Morgan fingerprint density at radius 2 is 1.05 bits per heavy atom. The number of aromatic amines is 1. The van der Waals surface area contributed by atoms with Crippen molar-refractivity contribution < 1.29 is 28.5 Å². The quantitative estimate of drug-likeness (QED) is 0.0621. The highest BCUT2D eigenvalue weighted by molar-refractivity contribution is 5.91. The van der Waals surface area contributed by atoms with Crippen molar-refractivity contribution in [3.05, 3.63) is 186 Å². The Balaban J connectivity index is 0.000000146. The van der Waals surface area contributed by atoms with E-state index in [1.807, 2.05) is 122 Å². The van der Waals surface area contributed by atoms with Gasteiger partial charge in [0.25, 0.3) is 0 Å². The lowest BCUT2D eigenvalue weighted by Gasteiger charge is -2.40. The van der Waals surface area contributed by atoms with E-state index in [1.165, 1.54) is 11.1 Å². The first-order valence-corrected chi connectivity index (χ1v) is 38.4. The van der Waals surface area contributed by atoms with Crippen molar-refractivity contribution in [3.63, 3.8) is 0 Å². The summed E-state index contributed by atoms with van der Waals surface area (Å²) < 4.78 is 26.9. The summed E-state index contributed by atoms with van der Waals surface area (Å²) in [5.41, 5.74) is 18.2. The topological polar surface area (TPSA) is 273 Å². The third kappa shape index (κ3) is 18.4. The summed E-state index contributed by atoms with van der Waals surface area (Å²) >= 11 is 0. The van der Waals surface area contributed by atoms with Crippen LogP contribution in [0.25, 0.3) is 39.1 Å². The van der Waals surface area contributed by atoms with Crippen molar-refractivity contribution >= 4 is 68.7 Å². The molecular weight excluding hydrogens is 1350 g/mol. The summed E-state index contributed by atoms with van der Waals surface area (Å²) in [5.74, 6) is 2.88. The predicted octanol–water partition coefficient (Wildman–Crippen LogP) is 15.0. The zero-order valence-corrected chi connectivity index (χ0v) is 63.6. The van der Waals surface area contributed by atoms with Crippen LogP contribution in [0.15, 0.2) is 146 Å². The normalized spacial score (nSPS) is 19.2. The molecule has 24 heteroatoms. The van der Waals surface area contributed by atoms with Crippen LogP contribution < -0.4 is 31.1 Å². The van der Waals surface area contributed by atoms with Crippen LogP contribution in [0.2, 0.25) is 0 Å². The zero-order valence-electron chi connectivity index (χ0n) is 63.6. The van der Waals surface area contributed by atoms with E-state index in [1.54, 1.807) is 0 Å². The molecule has 0 radical (unpaired) electrons. The van der Waals surface area contributed by atoms with E-state index >= 15 is 0 Å². The fraction of sp³-hybridized carbons (Fsp3) is 0.482. The summed E-state index contributed by atoms with van der Waals surface area (Å²) in [7, 11) is 0. The maximum absolute atomic E-state index is 12.3. The average molecular weight is 1450 g/mol. The molecular formula is C83H106N18O6. The van der Waals surface area contributed by atoms with Gasteiger partial charge in [-0.25, -0.2) is 48.9 Å². The van der Waals surface area contributed by atoms with Crippen molar-refractivity contribution in [2.24, 2.45) is 22.0 Å². The number of hydrogen-bond donors (Lipinski definition) is 4. The number of H-pyrrole nitrogens is 1. The van der Waals surface area contributed by atoms with Gasteiger partial charge in [-0.1, -0.05) is 163 Å². The van der Waals surface area contributed by atoms with E-state index in [-0.39, 0.29) is 59.3 Å². The number of rotatable bonds is 18. The molecule has 5 aliphatic heterocycles. The number of ether oxygens (including phenoxy) is 4. The third-order valence-corrected chi connectivity index (χ3v) is 22.1. The zero-order chi connectivity index (χ0) is 74.7. The molecule has 564 valence electrons. The first-order valence-electron chi connectivity index (χ1n) is 38.4. The molecule has 5 fully saturated rings. The van der Waals surface area contributed by atoms with Crippen molar-refractivity contribution in [3.8, 4) is 0 Å². The van der Waals surface area contributed by atoms with Crippen molar-refractivity contribution in [1.82, 2.24) is 70.3 Å². The molecule has 5 saturated heterocycles. The molecule has 0 saturated carbocycles. The van der Waals surface area contributed by atoms with Crippen LogP contribution in [-0.2, 0) is 25.6 Å². The van der Waals surface area contributed by atoms with Crippen LogP contribution in [0.3, 0.4) is 0 Å². The van der Waals surface area contributed by atoms with Crippen LogP contribution in [0, 0.1) is 16.2 Å². The lowest BCUT2D eigenvalue weighted by atomic mass is 9.80. The Labute approximate surface area is 628 Å². The maximum Gasteiger partial charge on any atom is 0.407 e. The largest absolute Gasteiger partial charge is 0.445 e. The van der Waals surface area contributed by atoms with Gasteiger partial charge >= 0.3 is 12.2 Å². The van der Waals surface area contributed by atoms with Crippen LogP contribution in [0.5, 0.6) is 0 Å². The first kappa shape index (κ1) is 75.3. The number of nitrogens with one attached hydrogen (secondary N) is 3. The minimum atomic E-state index is -0.500. The number of aromatic nitrogens is 12. The van der Waals surface area contributed by atoms with Gasteiger partial charge in [-0.05, 0) is 143 Å². The van der Waals surface area contributed by atoms with Gasteiger partial charge in [0, 0.05) is 83.0 Å². The van der Waals surface area contributed by atoms with Crippen molar-refractivity contribution in [1.29, 1.82) is 0 Å². The standard InChI is InChI=1S/C33H38N6O3.C30H42N6O3.C20H26N6/c1-24(26-13-7-4-8-14-26)29-30-31(39(37-29)28-15-9-10-20-41-28)36-27(21-34-30)38-18-16-33(2,17-19-38)23-35-32(40)42-22-25-11-5-3-6-12-25;1-21(22-11-7-6-8-12-22)25-26-27(36(34-25)24-13-9-10-18-38-24)33-23(19-31-26)35-16-14-30(5,15-17-35)20-32-28(37)39-29(2,3)4;1-14(15-6-4-3-5-7-15)17-18-19(25-24-17)23-16(12-22-18)26-10-8-20(2,13-21)9-11-26/h3-8,11-14,21,28H,1,9-10,15-20,22-23H2,2H3,(H,35,40);6-8,11-12,19,21,24H,9-10,13-18,20H2,1-5H3,(H,32,37);3-7,12,14H,8-11,13,21H2,1-2H3,(H,23,24,25). The van der Waals surface area contributed by atoms with Gasteiger partial charge in [0.05, 0.1) is 30.0 Å². The SMILES string of the molecule is C=C(c1ccccc1)c1nn(C2CCCCO2)c2nc(N3CCC(C)(CNC(=O)OCc4ccccc4)CC3)cnc12.CC(c1ccccc1)c1[nH]nc2nc(N3CCC(C)(CN)CC3)cnc12.CC(c1ccccc1)c1nn(C2CCCCO2)c2nc(N3CCC(C)(CNC(=O)OC(C)(C)C)CC3)cnc12. The summed E-state index contributed by atoms with van der Waals surface area (Å²) in [5, 5.41) is 23.5. The van der Waals surface area contributed by atoms with Gasteiger partial charge in [-0.2, -0.15) is 15.3 Å². The number of fused-ring (bicyclic) bond motifs is 3. The number of nitrogens with two attached hydrogens (primary N) is 1. The molecule has 24 nitrogen and oxygen atoms in total. The molecule has 2 amide bonds. The number of benzene rings is 4. The Morgan fingerprint density at radius 3 is 1.56 bits per heavy atom. The second kappa shape index (κ2) is 33.5. The van der Waals surface area contributed by atoms with Gasteiger partial charge in [-0.3, -0.25) is 5.10 Å². The molecule has 0 aliphatic carbocycles. The molecule has 4 unspecified atom stereocenters. The Bertz CT molecular complexity index is 4590. The minimum Gasteiger partial charge on any atom is -0.445 e. The summed E-state index contributed by atoms with van der Waals surface area (Å²) in [6.07, 6.45) is 16.6. The van der Waals surface area contributed by atoms with Gasteiger partial charge in [0.1, 0.15) is 51.9 Å². The fourth-order valence-corrected chi connectivity index (χ4v) is 14.7. The molecule has 107 heavy (non-hydrogen) atoms. The highest BCUT2D eigenvalue weighted by atomic mass is 16.6. The third-order valence-electron chi connectivity index (χ3n) is 22.1. The van der Waals surface area contributed by atoms with Crippen LogP contribution in [-0.4, -0.2) is 150 Å². The molecule has 0 spiro atoms. The number of amides is 2. The molecule has 5 N–H and O–H groups in total. The molecule has 5 aliphatic rings. The first-order chi connectivity index (χ1) is 51.7. The van der Waals surface area contributed by atoms with E-state index in [0.29, 0.717) is 25.3 Å². The number of alkyl carbamates (subject to hydrolysis) is 2. The second-order valence-corrected chi connectivity index (χ2v) is 31.6. The monoisotopic (exact) mass is 1450 g/mol. The molecule has 11 heterocycles. The molecule has 6 aromatic heterocycles. The smallest absolute Gasteiger partial charge is 0.407 e. The molecule has 4 aromatic carbocycles. The van der Waals surface area contributed by atoms with Crippen LogP contribution >= 0.6 is 0 Å². The predicted molar refractivity (Wildman–Crippen MR) is 419 cm³/mol. The second-order valence-electron chi connectivity index (χ2n) is 31.6. The molecule has 4 atom stereocenters. The van der Waals surface area contributed by atoms with Gasteiger partial charge in [-0.15, -0.1) is 0 Å². The molecule has 0 bridgehead atoms. The van der Waals surface area contributed by atoms with Crippen molar-refractivity contribution in [2.75, 3.05) is 86.8 Å². The van der Waals surface area contributed by atoms with Crippen LogP contribution in [0.4, 0.5) is 27.0 Å². The number of carbonyl (C=O) groups is 2. The van der Waals surface area contributed by atoms with E-state index in [9.17, 15) is 9.59 Å². The number of piperidine rings is 3. The highest BCUT2D eigenvalue weighted by Crippen LogP contribution is 2.39. The summed E-state index contributed by atoms with van der Waals surface area (Å²) in [6.45, 7) is 29.9. The lowest BCUT2D eigenvalue weighted by Crippen LogP contribution is -2.46. The molecule has 10 aromatic rings. The van der Waals surface area contributed by atoms with E-state index in [2.05, 4.69) is 125 Å². The highest BCUT2D eigenvalue weighted by Gasteiger charge is 2.36. The van der Waals surface area contributed by atoms with Crippen molar-refractivity contribution in [2.45, 2.75) is 169 Å². The van der Waals surface area contributed by atoms with Gasteiger partial charge in [0.2, 0.25) is 5.65 Å². The van der Waals surface area contributed by atoms with Gasteiger partial charge < -0.3 is 50.0 Å². The van der Waals surface area contributed by atoms with E-state index in [4.69, 9.17) is 64.8 Å². The Morgan fingerprint density at radius 1 is 0.589 bits per heavy atom. The number of anilines is 3. The maximum atomic E-state index is 12.3. The number of hydrogen-bond acceptors (Lipinski definition) is 19. The Hall–Kier alpha value is -9.91. The molecule has 15 rings (SSSR count). The lowest BCUT2D eigenvalue weighted by molar-refractivity contribution is -0.0373. The fourth-order valence-electron chi connectivity index (χ4n) is 14.7. The van der Waals surface area contributed by atoms with Gasteiger partial charge in [0.15, 0.2) is 23.8 Å². The minimum absolute atomic E-state index is 0.000922. The van der Waals surface area contributed by atoms with E-state index < -0.39 is 5.60 Å². The number of carbonyl (C=O) groups excluding carboxylic acids is 2. The average Bonchev–Trinajstić information content (AvgIpc) is 1.62. The summed E-state index contributed by atoms with van der Waals surface area (Å²) in [4.78, 5) is 60.9. The summed E-state index contributed by atoms with van der Waals surface area (Å²) in [6, 6.07) is 40.6.